The quantitative estimate of drug-likeness (QED) is 0.451. The summed E-state index contributed by atoms with van der Waals surface area (Å²) < 4.78 is 10.6. The van der Waals surface area contributed by atoms with E-state index in [1.54, 1.807) is 7.11 Å². The van der Waals surface area contributed by atoms with Gasteiger partial charge in [0.25, 0.3) is 0 Å². The fraction of sp³-hybridized carbons (Fsp3) is 0.875. The highest BCUT2D eigenvalue weighted by Crippen LogP contribution is 2.33. The smallest absolute Gasteiger partial charge is 0.339 e. The molecule has 0 bridgehead atoms. The van der Waals surface area contributed by atoms with Crippen LogP contribution >= 0.6 is 22.6 Å². The van der Waals surface area contributed by atoms with Gasteiger partial charge in [-0.25, -0.2) is 4.79 Å². The molecule has 12 heavy (non-hydrogen) atoms. The molecule has 0 aromatic rings. The maximum atomic E-state index is 11.4. The average Bonchev–Trinajstić information content (AvgIpc) is 2.54. The molecule has 0 aromatic carbocycles. The number of carbonyl (C=O) groups is 1. The zero-order valence-corrected chi connectivity index (χ0v) is 9.30. The lowest BCUT2D eigenvalue weighted by Gasteiger charge is -2.23. The van der Waals surface area contributed by atoms with Crippen molar-refractivity contribution in [3.05, 3.63) is 0 Å². The van der Waals surface area contributed by atoms with Crippen LogP contribution in [0.5, 0.6) is 0 Å². The third-order valence-electron chi connectivity index (χ3n) is 2.36. The number of alkyl halides is 1. The number of hydrogen-bond acceptors (Lipinski definition) is 3. The lowest BCUT2D eigenvalue weighted by atomic mass is 10.0. The van der Waals surface area contributed by atoms with Crippen LogP contribution in [0.4, 0.5) is 0 Å². The van der Waals surface area contributed by atoms with E-state index in [0.717, 1.165) is 25.7 Å². The minimum atomic E-state index is -0.620. The van der Waals surface area contributed by atoms with E-state index in [2.05, 4.69) is 0 Å². The maximum Gasteiger partial charge on any atom is 0.339 e. The molecule has 0 unspecified atom stereocenters. The number of hydrogen-bond donors (Lipinski definition) is 0. The van der Waals surface area contributed by atoms with Crippen molar-refractivity contribution in [3.63, 3.8) is 0 Å². The van der Waals surface area contributed by atoms with Crippen molar-refractivity contribution in [1.82, 2.24) is 0 Å². The SMILES string of the molecule is COC1(C(=O)OCI)CCCC1. The summed E-state index contributed by atoms with van der Waals surface area (Å²) in [6, 6.07) is 0. The summed E-state index contributed by atoms with van der Waals surface area (Å²) in [6.45, 7) is 0. The summed E-state index contributed by atoms with van der Waals surface area (Å²) in [5, 5.41) is 0. The molecule has 0 radical (unpaired) electrons. The van der Waals surface area contributed by atoms with Gasteiger partial charge in [-0.3, -0.25) is 0 Å². The molecule has 0 saturated heterocycles. The molecule has 1 fully saturated rings. The van der Waals surface area contributed by atoms with E-state index < -0.39 is 5.60 Å². The highest BCUT2D eigenvalue weighted by Gasteiger charge is 2.42. The van der Waals surface area contributed by atoms with Gasteiger partial charge >= 0.3 is 5.97 Å². The monoisotopic (exact) mass is 284 g/mol. The Labute approximate surface area is 85.9 Å². The molecular formula is C8H13IO3. The Morgan fingerprint density at radius 2 is 2.08 bits per heavy atom. The number of halogens is 1. The zero-order valence-electron chi connectivity index (χ0n) is 7.14. The van der Waals surface area contributed by atoms with E-state index in [4.69, 9.17) is 9.47 Å². The second-order valence-corrected chi connectivity index (χ2v) is 3.57. The van der Waals surface area contributed by atoms with Crippen LogP contribution in [0.3, 0.4) is 0 Å². The predicted molar refractivity (Wildman–Crippen MR) is 53.2 cm³/mol. The second kappa shape index (κ2) is 4.41. The average molecular weight is 284 g/mol. The van der Waals surface area contributed by atoms with Gasteiger partial charge in [0.05, 0.1) is 0 Å². The summed E-state index contributed by atoms with van der Waals surface area (Å²) in [6.07, 6.45) is 3.73. The minimum Gasteiger partial charge on any atom is -0.453 e. The van der Waals surface area contributed by atoms with Crippen molar-refractivity contribution in [2.45, 2.75) is 31.3 Å². The molecule has 0 N–H and O–H groups in total. The van der Waals surface area contributed by atoms with Crippen LogP contribution in [0.25, 0.3) is 0 Å². The Morgan fingerprint density at radius 3 is 2.50 bits per heavy atom. The first-order valence-corrected chi connectivity index (χ1v) is 5.56. The first-order chi connectivity index (χ1) is 5.75. The van der Waals surface area contributed by atoms with Crippen LogP contribution in [0.15, 0.2) is 0 Å². The van der Waals surface area contributed by atoms with E-state index in [0.29, 0.717) is 4.61 Å². The molecule has 70 valence electrons. The predicted octanol–water partition coefficient (Wildman–Crippen LogP) is 1.88. The molecule has 1 saturated carbocycles. The van der Waals surface area contributed by atoms with Gasteiger partial charge in [0.1, 0.15) is 4.61 Å². The summed E-state index contributed by atoms with van der Waals surface area (Å²) in [5.41, 5.74) is -0.620. The first kappa shape index (κ1) is 10.2. The number of carbonyl (C=O) groups excluding carboxylic acids is 1. The number of esters is 1. The summed E-state index contributed by atoms with van der Waals surface area (Å²) >= 11 is 2.01. The van der Waals surface area contributed by atoms with E-state index in [-0.39, 0.29) is 5.97 Å². The Kier molecular flexibility index (Phi) is 3.77. The molecule has 3 nitrogen and oxygen atoms in total. The van der Waals surface area contributed by atoms with Crippen LogP contribution in [0.2, 0.25) is 0 Å². The van der Waals surface area contributed by atoms with Gasteiger partial charge in [-0.2, -0.15) is 0 Å². The molecule has 0 spiro atoms. The maximum absolute atomic E-state index is 11.4. The van der Waals surface area contributed by atoms with Crippen molar-refractivity contribution in [2.24, 2.45) is 0 Å². The topological polar surface area (TPSA) is 35.5 Å². The van der Waals surface area contributed by atoms with Crippen molar-refractivity contribution in [2.75, 3.05) is 11.7 Å². The zero-order chi connectivity index (χ0) is 9.03. The van der Waals surface area contributed by atoms with Gasteiger partial charge in [0, 0.05) is 7.11 Å². The van der Waals surface area contributed by atoms with Crippen LogP contribution in [-0.4, -0.2) is 23.3 Å². The van der Waals surface area contributed by atoms with Gasteiger partial charge in [-0.15, -0.1) is 0 Å². The Hall–Kier alpha value is 0.160. The van der Waals surface area contributed by atoms with E-state index in [1.165, 1.54) is 0 Å². The van der Waals surface area contributed by atoms with Crippen molar-refractivity contribution < 1.29 is 14.3 Å². The molecule has 1 rings (SSSR count). The van der Waals surface area contributed by atoms with Crippen LogP contribution in [0, 0.1) is 0 Å². The van der Waals surface area contributed by atoms with Crippen molar-refractivity contribution in [1.29, 1.82) is 0 Å². The first-order valence-electron chi connectivity index (χ1n) is 4.03. The Bertz CT molecular complexity index is 164. The van der Waals surface area contributed by atoms with E-state index >= 15 is 0 Å². The highest BCUT2D eigenvalue weighted by atomic mass is 127. The molecule has 4 heteroatoms. The third-order valence-corrected chi connectivity index (χ3v) is 2.67. The molecule has 0 atom stereocenters. The molecule has 0 amide bonds. The highest BCUT2D eigenvalue weighted by molar-refractivity contribution is 14.1. The van der Waals surface area contributed by atoms with Gasteiger partial charge in [-0.1, -0.05) is 0 Å². The summed E-state index contributed by atoms with van der Waals surface area (Å²) in [7, 11) is 1.58. The van der Waals surface area contributed by atoms with Gasteiger partial charge in [-0.05, 0) is 48.3 Å². The van der Waals surface area contributed by atoms with Crippen LogP contribution in [-0.2, 0) is 14.3 Å². The van der Waals surface area contributed by atoms with Crippen molar-refractivity contribution >= 4 is 28.6 Å². The summed E-state index contributed by atoms with van der Waals surface area (Å²) in [4.78, 5) is 11.4. The normalized spacial score (nSPS) is 20.8. The third kappa shape index (κ3) is 1.90. The molecule has 0 heterocycles. The number of rotatable bonds is 3. The molecule has 0 aliphatic heterocycles. The minimum absolute atomic E-state index is 0.197. The largest absolute Gasteiger partial charge is 0.453 e. The number of ether oxygens (including phenoxy) is 2. The lowest BCUT2D eigenvalue weighted by molar-refractivity contribution is -0.165. The standard InChI is InChI=1S/C8H13IO3/c1-11-8(4-2-3-5-8)7(10)12-6-9/h2-6H2,1H3. The van der Waals surface area contributed by atoms with E-state index in [9.17, 15) is 4.79 Å². The van der Waals surface area contributed by atoms with Crippen LogP contribution in [0.1, 0.15) is 25.7 Å². The molecule has 1 aliphatic carbocycles. The fourth-order valence-corrected chi connectivity index (χ4v) is 1.90. The lowest BCUT2D eigenvalue weighted by Crippen LogP contribution is -2.39. The van der Waals surface area contributed by atoms with Gasteiger partial charge < -0.3 is 9.47 Å². The summed E-state index contributed by atoms with van der Waals surface area (Å²) in [5.74, 6) is -0.197. The molecule has 1 aliphatic rings. The molecular weight excluding hydrogens is 271 g/mol. The van der Waals surface area contributed by atoms with Gasteiger partial charge in [0.15, 0.2) is 5.60 Å². The van der Waals surface area contributed by atoms with Crippen LogP contribution < -0.4 is 0 Å². The fourth-order valence-electron chi connectivity index (χ4n) is 1.62. The molecule has 0 aromatic heterocycles. The Morgan fingerprint density at radius 1 is 1.50 bits per heavy atom. The van der Waals surface area contributed by atoms with Gasteiger partial charge in [0.2, 0.25) is 0 Å². The van der Waals surface area contributed by atoms with E-state index in [1.807, 2.05) is 22.6 Å². The number of methoxy groups -OCH3 is 1. The van der Waals surface area contributed by atoms with Crippen molar-refractivity contribution in [3.8, 4) is 0 Å². The Balaban J connectivity index is 2.59. The second-order valence-electron chi connectivity index (χ2n) is 2.95.